The second kappa shape index (κ2) is 7.60. The highest BCUT2D eigenvalue weighted by atomic mass is 16.2. The zero-order valence-corrected chi connectivity index (χ0v) is 12.5. The number of hydrogen-bond donors (Lipinski definition) is 2. The number of amides is 1. The van der Waals surface area contributed by atoms with Crippen molar-refractivity contribution in [2.45, 2.75) is 32.5 Å². The molecular formula is C18H22N2O. The van der Waals surface area contributed by atoms with E-state index in [0.29, 0.717) is 6.54 Å². The van der Waals surface area contributed by atoms with Crippen molar-refractivity contribution in [1.82, 2.24) is 10.6 Å². The van der Waals surface area contributed by atoms with Gasteiger partial charge in [0.25, 0.3) is 0 Å². The lowest BCUT2D eigenvalue weighted by atomic mass is 10.1. The van der Waals surface area contributed by atoms with Gasteiger partial charge >= 0.3 is 0 Å². The Morgan fingerprint density at radius 1 is 0.952 bits per heavy atom. The molecule has 0 aliphatic carbocycles. The van der Waals surface area contributed by atoms with E-state index in [4.69, 9.17) is 0 Å². The Bertz CT molecular complexity index is 552. The molecule has 0 bridgehead atoms. The molecule has 0 aliphatic heterocycles. The normalized spacial score (nSPS) is 12.1. The molecule has 0 aliphatic rings. The SMILES string of the molecule is CC(C)NC(=O)C(NCc1ccccc1)c1ccccc1. The number of carbonyl (C=O) groups excluding carboxylic acids is 1. The maximum atomic E-state index is 12.4. The van der Waals surface area contributed by atoms with Gasteiger partial charge in [0, 0.05) is 12.6 Å². The molecule has 0 saturated carbocycles. The van der Waals surface area contributed by atoms with Crippen LogP contribution in [-0.4, -0.2) is 11.9 Å². The minimum absolute atomic E-state index is 0.00660. The summed E-state index contributed by atoms with van der Waals surface area (Å²) in [5.41, 5.74) is 2.14. The number of nitrogens with one attached hydrogen (secondary N) is 2. The van der Waals surface area contributed by atoms with Crippen LogP contribution in [0.2, 0.25) is 0 Å². The third-order valence-electron chi connectivity index (χ3n) is 3.18. The van der Waals surface area contributed by atoms with Crippen LogP contribution in [0, 0.1) is 0 Å². The largest absolute Gasteiger partial charge is 0.352 e. The molecule has 0 aromatic heterocycles. The van der Waals surface area contributed by atoms with Crippen LogP contribution in [0.5, 0.6) is 0 Å². The van der Waals surface area contributed by atoms with Crippen molar-refractivity contribution in [3.8, 4) is 0 Å². The van der Waals surface area contributed by atoms with Gasteiger partial charge in [0.1, 0.15) is 6.04 Å². The third-order valence-corrected chi connectivity index (χ3v) is 3.18. The monoisotopic (exact) mass is 282 g/mol. The first kappa shape index (κ1) is 15.3. The molecule has 1 unspecified atom stereocenters. The van der Waals surface area contributed by atoms with Crippen molar-refractivity contribution in [3.05, 3.63) is 71.8 Å². The van der Waals surface area contributed by atoms with Crippen LogP contribution in [-0.2, 0) is 11.3 Å². The van der Waals surface area contributed by atoms with Gasteiger partial charge in [-0.25, -0.2) is 0 Å². The molecule has 0 heterocycles. The first-order chi connectivity index (χ1) is 10.2. The van der Waals surface area contributed by atoms with Crippen molar-refractivity contribution in [2.75, 3.05) is 0 Å². The molecular weight excluding hydrogens is 260 g/mol. The maximum Gasteiger partial charge on any atom is 0.241 e. The number of rotatable bonds is 6. The summed E-state index contributed by atoms with van der Waals surface area (Å²) in [4.78, 5) is 12.4. The van der Waals surface area contributed by atoms with Gasteiger partial charge in [-0.05, 0) is 25.0 Å². The van der Waals surface area contributed by atoms with E-state index in [1.165, 1.54) is 0 Å². The first-order valence-electron chi connectivity index (χ1n) is 7.29. The van der Waals surface area contributed by atoms with Crippen molar-refractivity contribution < 1.29 is 4.79 Å². The van der Waals surface area contributed by atoms with Gasteiger partial charge in [0.2, 0.25) is 5.91 Å². The quantitative estimate of drug-likeness (QED) is 0.855. The Morgan fingerprint density at radius 2 is 1.52 bits per heavy atom. The minimum Gasteiger partial charge on any atom is -0.352 e. The van der Waals surface area contributed by atoms with E-state index in [9.17, 15) is 4.79 Å². The van der Waals surface area contributed by atoms with E-state index >= 15 is 0 Å². The fourth-order valence-corrected chi connectivity index (χ4v) is 2.19. The topological polar surface area (TPSA) is 41.1 Å². The van der Waals surface area contributed by atoms with Gasteiger partial charge in [-0.15, -0.1) is 0 Å². The Kier molecular flexibility index (Phi) is 5.52. The zero-order valence-electron chi connectivity index (χ0n) is 12.5. The lowest BCUT2D eigenvalue weighted by molar-refractivity contribution is -0.123. The van der Waals surface area contributed by atoms with Crippen LogP contribution < -0.4 is 10.6 Å². The summed E-state index contributed by atoms with van der Waals surface area (Å²) in [6, 6.07) is 19.7. The average molecular weight is 282 g/mol. The van der Waals surface area contributed by atoms with Crippen molar-refractivity contribution in [1.29, 1.82) is 0 Å². The first-order valence-corrected chi connectivity index (χ1v) is 7.29. The van der Waals surface area contributed by atoms with E-state index in [2.05, 4.69) is 22.8 Å². The third kappa shape index (κ3) is 4.72. The molecule has 2 aromatic rings. The van der Waals surface area contributed by atoms with E-state index in [1.807, 2.05) is 62.4 Å². The number of carbonyl (C=O) groups is 1. The Morgan fingerprint density at radius 3 is 2.10 bits per heavy atom. The van der Waals surface area contributed by atoms with E-state index in [1.54, 1.807) is 0 Å². The summed E-state index contributed by atoms with van der Waals surface area (Å²) in [6.45, 7) is 4.60. The van der Waals surface area contributed by atoms with Gasteiger partial charge < -0.3 is 5.32 Å². The van der Waals surface area contributed by atoms with Crippen molar-refractivity contribution >= 4 is 5.91 Å². The molecule has 0 fully saturated rings. The molecule has 1 amide bonds. The van der Waals surface area contributed by atoms with Gasteiger partial charge in [0.05, 0.1) is 0 Å². The highest BCUT2D eigenvalue weighted by Gasteiger charge is 2.20. The predicted octanol–water partition coefficient (Wildman–Crippen LogP) is 3.04. The number of hydrogen-bond acceptors (Lipinski definition) is 2. The number of benzene rings is 2. The zero-order chi connectivity index (χ0) is 15.1. The fraction of sp³-hybridized carbons (Fsp3) is 0.278. The minimum atomic E-state index is -0.339. The molecule has 21 heavy (non-hydrogen) atoms. The van der Waals surface area contributed by atoms with Crippen molar-refractivity contribution in [3.63, 3.8) is 0 Å². The summed E-state index contributed by atoms with van der Waals surface area (Å²) in [5.74, 6) is 0.00660. The van der Waals surface area contributed by atoms with Crippen LogP contribution in [0.1, 0.15) is 31.0 Å². The molecule has 2 aromatic carbocycles. The lowest BCUT2D eigenvalue weighted by Gasteiger charge is -2.20. The van der Waals surface area contributed by atoms with Gasteiger partial charge in [-0.3, -0.25) is 10.1 Å². The lowest BCUT2D eigenvalue weighted by Crippen LogP contribution is -2.40. The standard InChI is InChI=1S/C18H22N2O/c1-14(2)20-18(21)17(16-11-7-4-8-12-16)19-13-15-9-5-3-6-10-15/h3-12,14,17,19H,13H2,1-2H3,(H,20,21). The van der Waals surface area contributed by atoms with E-state index in [0.717, 1.165) is 11.1 Å². The van der Waals surface area contributed by atoms with Crippen LogP contribution in [0.25, 0.3) is 0 Å². The highest BCUT2D eigenvalue weighted by molar-refractivity contribution is 5.83. The summed E-state index contributed by atoms with van der Waals surface area (Å²) in [7, 11) is 0. The second-order valence-corrected chi connectivity index (χ2v) is 5.37. The molecule has 0 saturated heterocycles. The highest BCUT2D eigenvalue weighted by Crippen LogP contribution is 2.14. The maximum absolute atomic E-state index is 12.4. The van der Waals surface area contributed by atoms with E-state index in [-0.39, 0.29) is 18.0 Å². The Labute approximate surface area is 126 Å². The summed E-state index contributed by atoms with van der Waals surface area (Å²) < 4.78 is 0. The van der Waals surface area contributed by atoms with Gasteiger partial charge in [0.15, 0.2) is 0 Å². The van der Waals surface area contributed by atoms with Crippen LogP contribution in [0.15, 0.2) is 60.7 Å². The molecule has 0 spiro atoms. The molecule has 2 N–H and O–H groups in total. The molecule has 2 rings (SSSR count). The molecule has 3 heteroatoms. The van der Waals surface area contributed by atoms with Crippen LogP contribution >= 0.6 is 0 Å². The fourth-order valence-electron chi connectivity index (χ4n) is 2.19. The molecule has 110 valence electrons. The Balaban J connectivity index is 2.10. The van der Waals surface area contributed by atoms with E-state index < -0.39 is 0 Å². The molecule has 3 nitrogen and oxygen atoms in total. The van der Waals surface area contributed by atoms with Gasteiger partial charge in [-0.2, -0.15) is 0 Å². The smallest absolute Gasteiger partial charge is 0.241 e. The van der Waals surface area contributed by atoms with Crippen molar-refractivity contribution in [2.24, 2.45) is 0 Å². The molecule has 0 radical (unpaired) electrons. The second-order valence-electron chi connectivity index (χ2n) is 5.37. The van der Waals surface area contributed by atoms with Crippen LogP contribution in [0.4, 0.5) is 0 Å². The van der Waals surface area contributed by atoms with Crippen LogP contribution in [0.3, 0.4) is 0 Å². The average Bonchev–Trinajstić information content (AvgIpc) is 2.49. The summed E-state index contributed by atoms with van der Waals surface area (Å²) in [5, 5.41) is 6.32. The predicted molar refractivity (Wildman–Crippen MR) is 85.7 cm³/mol. The van der Waals surface area contributed by atoms with Gasteiger partial charge in [-0.1, -0.05) is 60.7 Å². The summed E-state index contributed by atoms with van der Waals surface area (Å²) in [6.07, 6.45) is 0. The molecule has 1 atom stereocenters. The Hall–Kier alpha value is -2.13. The summed E-state index contributed by atoms with van der Waals surface area (Å²) >= 11 is 0.